The summed E-state index contributed by atoms with van der Waals surface area (Å²) in [6, 6.07) is 18.8. The Kier molecular flexibility index (Phi) is 9.10. The van der Waals surface area contributed by atoms with Crippen LogP contribution in [0.25, 0.3) is 63.1 Å². The second kappa shape index (κ2) is 13.9. The van der Waals surface area contributed by atoms with Crippen molar-refractivity contribution in [1.29, 1.82) is 0 Å². The molecule has 0 aliphatic rings. The van der Waals surface area contributed by atoms with E-state index in [4.69, 9.17) is 23.9 Å². The Morgan fingerprint density at radius 2 is 1.38 bits per heavy atom. The number of nitrogens with zero attached hydrogens (tertiary/aromatic N) is 3. The molecule has 240 valence electrons. The molecule has 7 aromatic rings. The molecule has 7 rings (SSSR count). The summed E-state index contributed by atoms with van der Waals surface area (Å²) in [5.41, 5.74) is 2.89. The third kappa shape index (κ3) is 6.13. The van der Waals surface area contributed by atoms with Crippen LogP contribution in [0.15, 0.2) is 78.4 Å². The number of pyridine rings is 3. The largest absolute Gasteiger partial charge is 0.492 e. The molecule has 48 heavy (non-hydrogen) atoms. The summed E-state index contributed by atoms with van der Waals surface area (Å²) in [5.74, 6) is 2.41. The lowest BCUT2D eigenvalue weighted by atomic mass is 10.1. The number of carbonyl (C=O) groups is 2. The van der Waals surface area contributed by atoms with Gasteiger partial charge < -0.3 is 18.9 Å². The lowest BCUT2D eigenvalue weighted by Gasteiger charge is -2.12. The SMILES string of the molecule is CCCOc1c2ccsc2c(OCC)c2cc(-c3ccc(-c4ccnc(-c5cc(OC=O)cc(-c6cc(OC=O)ccn6)n5)c4)s3)sc12. The predicted octanol–water partition coefficient (Wildman–Crippen LogP) is 9.29. The van der Waals surface area contributed by atoms with Crippen LogP contribution in [0.4, 0.5) is 0 Å². The standard InChI is InChI=1S/C36H27N3O6S3/c1-3-12-43-33-24-9-13-46-35(24)34(42-4-2)25-18-32(48-36(25)33)31-6-5-30(47-31)21-7-10-37-26(14-21)28-16-23(45-20-41)17-29(39-28)27-15-22(44-19-40)8-11-38-27/h5-11,13-20H,3-4,12H2,1-2H3. The van der Waals surface area contributed by atoms with E-state index >= 15 is 0 Å². The minimum absolute atomic E-state index is 0.275. The van der Waals surface area contributed by atoms with Crippen LogP contribution in [-0.4, -0.2) is 41.1 Å². The number of rotatable bonds is 13. The van der Waals surface area contributed by atoms with E-state index in [1.54, 1.807) is 64.5 Å². The van der Waals surface area contributed by atoms with E-state index in [9.17, 15) is 9.59 Å². The summed E-state index contributed by atoms with van der Waals surface area (Å²) in [6.45, 7) is 6.04. The Morgan fingerprint density at radius 1 is 0.667 bits per heavy atom. The van der Waals surface area contributed by atoms with Gasteiger partial charge in [0.1, 0.15) is 23.0 Å². The highest BCUT2D eigenvalue weighted by atomic mass is 32.1. The van der Waals surface area contributed by atoms with Crippen LogP contribution in [0.5, 0.6) is 23.0 Å². The molecule has 0 fully saturated rings. The second-order valence-corrected chi connectivity index (χ2v) is 13.5. The van der Waals surface area contributed by atoms with Gasteiger partial charge >= 0.3 is 0 Å². The van der Waals surface area contributed by atoms with Gasteiger partial charge in [-0.3, -0.25) is 19.6 Å². The van der Waals surface area contributed by atoms with Gasteiger partial charge in [-0.25, -0.2) is 4.98 Å². The van der Waals surface area contributed by atoms with E-state index in [1.165, 1.54) is 6.20 Å². The predicted molar refractivity (Wildman–Crippen MR) is 191 cm³/mol. The number of carbonyl (C=O) groups excluding carboxylic acids is 2. The van der Waals surface area contributed by atoms with Gasteiger partial charge in [-0.05, 0) is 66.8 Å². The first kappa shape index (κ1) is 31.4. The molecule has 0 amide bonds. The molecule has 12 heteroatoms. The van der Waals surface area contributed by atoms with Crippen molar-refractivity contribution in [3.05, 3.63) is 78.4 Å². The molecule has 1 aromatic carbocycles. The highest BCUT2D eigenvalue weighted by molar-refractivity contribution is 7.27. The number of benzene rings is 1. The van der Waals surface area contributed by atoms with E-state index in [2.05, 4.69) is 46.5 Å². The smallest absolute Gasteiger partial charge is 0.298 e. The average molecular weight is 694 g/mol. The second-order valence-electron chi connectivity index (χ2n) is 10.4. The van der Waals surface area contributed by atoms with Gasteiger partial charge in [0.15, 0.2) is 0 Å². The minimum atomic E-state index is 0.275. The summed E-state index contributed by atoms with van der Waals surface area (Å²) < 4.78 is 24.9. The molecule has 0 radical (unpaired) electrons. The fraction of sp³-hybridized carbons (Fsp3) is 0.139. The van der Waals surface area contributed by atoms with Crippen LogP contribution >= 0.6 is 34.0 Å². The number of thiophene rings is 3. The molecular formula is C36H27N3O6S3. The number of ether oxygens (including phenoxy) is 4. The number of hydrogen-bond donors (Lipinski definition) is 0. The monoisotopic (exact) mass is 693 g/mol. The van der Waals surface area contributed by atoms with Crippen molar-refractivity contribution in [2.75, 3.05) is 13.2 Å². The first-order chi connectivity index (χ1) is 23.6. The molecule has 0 aliphatic heterocycles. The Hall–Kier alpha value is -5.17. The van der Waals surface area contributed by atoms with E-state index in [0.29, 0.717) is 54.7 Å². The molecule has 0 spiro atoms. The lowest BCUT2D eigenvalue weighted by molar-refractivity contribution is -0.121. The van der Waals surface area contributed by atoms with Crippen molar-refractivity contribution < 1.29 is 28.5 Å². The van der Waals surface area contributed by atoms with Crippen LogP contribution in [0, 0.1) is 0 Å². The molecule has 9 nitrogen and oxygen atoms in total. The van der Waals surface area contributed by atoms with E-state index in [0.717, 1.165) is 58.3 Å². The lowest BCUT2D eigenvalue weighted by Crippen LogP contribution is -1.97. The maximum atomic E-state index is 11.2. The molecular weight excluding hydrogens is 667 g/mol. The summed E-state index contributed by atoms with van der Waals surface area (Å²) >= 11 is 5.07. The van der Waals surface area contributed by atoms with Gasteiger partial charge in [0.2, 0.25) is 0 Å². The molecule has 0 N–H and O–H groups in total. The maximum absolute atomic E-state index is 11.2. The van der Waals surface area contributed by atoms with Crippen molar-refractivity contribution in [3.8, 4) is 66.0 Å². The molecule has 0 saturated carbocycles. The van der Waals surface area contributed by atoms with Crippen molar-refractivity contribution in [2.24, 2.45) is 0 Å². The van der Waals surface area contributed by atoms with E-state index in [1.807, 2.05) is 19.1 Å². The number of aromatic nitrogens is 3. The first-order valence-corrected chi connectivity index (χ1v) is 17.6. The minimum Gasteiger partial charge on any atom is -0.492 e. The normalized spacial score (nSPS) is 11.1. The Labute approximate surface area is 287 Å². The van der Waals surface area contributed by atoms with Crippen LogP contribution < -0.4 is 18.9 Å². The van der Waals surface area contributed by atoms with E-state index < -0.39 is 0 Å². The Balaban J connectivity index is 1.26. The number of hydrogen-bond acceptors (Lipinski definition) is 12. The molecule has 6 aromatic heterocycles. The zero-order valence-corrected chi connectivity index (χ0v) is 28.2. The van der Waals surface area contributed by atoms with Crippen molar-refractivity contribution in [1.82, 2.24) is 15.0 Å². The van der Waals surface area contributed by atoms with Crippen molar-refractivity contribution >= 4 is 67.1 Å². The molecule has 0 unspecified atom stereocenters. The molecule has 0 aliphatic carbocycles. The third-order valence-corrected chi connectivity index (χ3v) is 10.7. The average Bonchev–Trinajstić information content (AvgIpc) is 3.89. The van der Waals surface area contributed by atoms with Crippen LogP contribution in [0.2, 0.25) is 0 Å². The third-order valence-electron chi connectivity index (χ3n) is 7.36. The van der Waals surface area contributed by atoms with Gasteiger partial charge in [-0.15, -0.1) is 34.0 Å². The zero-order valence-electron chi connectivity index (χ0n) is 25.8. The van der Waals surface area contributed by atoms with Gasteiger partial charge in [0.05, 0.1) is 45.4 Å². The Bertz CT molecular complexity index is 2270. The van der Waals surface area contributed by atoms with Gasteiger partial charge in [0.25, 0.3) is 12.9 Å². The Morgan fingerprint density at radius 3 is 2.15 bits per heavy atom. The number of fused-ring (bicyclic) bond motifs is 2. The fourth-order valence-corrected chi connectivity index (χ4v) is 8.47. The van der Waals surface area contributed by atoms with Crippen molar-refractivity contribution in [2.45, 2.75) is 20.3 Å². The van der Waals surface area contributed by atoms with E-state index in [-0.39, 0.29) is 5.75 Å². The molecule has 0 bridgehead atoms. The first-order valence-electron chi connectivity index (χ1n) is 15.1. The quantitative estimate of drug-likeness (QED) is 0.109. The molecule has 0 saturated heterocycles. The fourth-order valence-electron chi connectivity index (χ4n) is 5.31. The molecule has 6 heterocycles. The summed E-state index contributed by atoms with van der Waals surface area (Å²) in [6.07, 6.45) is 4.16. The van der Waals surface area contributed by atoms with Gasteiger partial charge in [-0.1, -0.05) is 6.92 Å². The van der Waals surface area contributed by atoms with Gasteiger partial charge in [0, 0.05) is 56.0 Å². The topological polar surface area (TPSA) is 110 Å². The zero-order chi connectivity index (χ0) is 33.0. The summed E-state index contributed by atoms with van der Waals surface area (Å²) in [7, 11) is 0. The highest BCUT2D eigenvalue weighted by Gasteiger charge is 2.21. The summed E-state index contributed by atoms with van der Waals surface area (Å²) in [5, 5.41) is 4.24. The van der Waals surface area contributed by atoms with Crippen molar-refractivity contribution in [3.63, 3.8) is 0 Å². The van der Waals surface area contributed by atoms with Gasteiger partial charge in [-0.2, -0.15) is 0 Å². The van der Waals surface area contributed by atoms with Crippen LogP contribution in [0.1, 0.15) is 20.3 Å². The molecule has 0 atom stereocenters. The highest BCUT2D eigenvalue weighted by Crippen LogP contribution is 2.51. The van der Waals surface area contributed by atoms with Crippen LogP contribution in [-0.2, 0) is 9.59 Å². The summed E-state index contributed by atoms with van der Waals surface area (Å²) in [4.78, 5) is 39.1. The maximum Gasteiger partial charge on any atom is 0.298 e. The van der Waals surface area contributed by atoms with Crippen LogP contribution in [0.3, 0.4) is 0 Å².